The monoisotopic (exact) mass is 1950 g/mol. The van der Waals surface area contributed by atoms with Gasteiger partial charge in [0, 0.05) is 69.3 Å². The molecular weight excluding hydrogens is 1810 g/mol. The van der Waals surface area contributed by atoms with Crippen molar-refractivity contribution in [2.24, 2.45) is 29.2 Å². The number of amides is 10. The molecule has 2 heterocycles. The highest BCUT2D eigenvalue weighted by molar-refractivity contribution is 6.41. The fraction of sp³-hybridized carbons (Fsp3) is 0.590. The highest BCUT2D eigenvalue weighted by Gasteiger charge is 2.44. The third-order valence-corrected chi connectivity index (χ3v) is 25.8. The highest BCUT2D eigenvalue weighted by Crippen LogP contribution is 2.32. The maximum Gasteiger partial charge on any atom is 0.335 e. The van der Waals surface area contributed by atoms with Crippen LogP contribution in [0.25, 0.3) is 10.9 Å². The van der Waals surface area contributed by atoms with Crippen LogP contribution in [0.4, 0.5) is 0 Å². The summed E-state index contributed by atoms with van der Waals surface area (Å²) in [7, 11) is 0. The normalized spacial score (nSPS) is 22.3. The van der Waals surface area contributed by atoms with Crippen LogP contribution >= 0.6 is 0 Å². The van der Waals surface area contributed by atoms with Crippen molar-refractivity contribution in [3.63, 3.8) is 0 Å². The van der Waals surface area contributed by atoms with E-state index in [4.69, 9.17) is 11.5 Å². The number of aliphatic hydroxyl groups is 1. The summed E-state index contributed by atoms with van der Waals surface area (Å²) in [4.78, 5) is 269. The molecule has 770 valence electrons. The average molecular weight is 1950 g/mol. The molecule has 3 aromatic carbocycles. The number of aromatic amines is 1. The summed E-state index contributed by atoms with van der Waals surface area (Å²) in [6.07, 6.45) is 6.04. The number of carbonyl (C=O) groups is 19. The Morgan fingerprint density at radius 2 is 1.19 bits per heavy atom. The number of aromatic carboxylic acids is 1. The van der Waals surface area contributed by atoms with E-state index in [1.807, 2.05) is 26.0 Å². The van der Waals surface area contributed by atoms with E-state index < -0.39 is 228 Å². The summed E-state index contributed by atoms with van der Waals surface area (Å²) in [5.41, 5.74) is 14.6. The zero-order valence-electron chi connectivity index (χ0n) is 82.6. The summed E-state index contributed by atoms with van der Waals surface area (Å²) < 4.78 is 0. The lowest BCUT2D eigenvalue weighted by atomic mass is 9.80. The molecule has 4 aromatic rings. The van der Waals surface area contributed by atoms with Crippen LogP contribution in [0.5, 0.6) is 0 Å². The smallest absolute Gasteiger partial charge is 0.335 e. The summed E-state index contributed by atoms with van der Waals surface area (Å²) in [5.74, 6) is -16.2. The third-order valence-electron chi connectivity index (χ3n) is 25.8. The number of nitrogens with one attached hydrogen (secondary N) is 16. The van der Waals surface area contributed by atoms with Gasteiger partial charge in [-0.2, -0.15) is 0 Å². The molecule has 1 aromatic heterocycles. The zero-order chi connectivity index (χ0) is 104. The SMILES string of the molecule is CCC(C)[C@H](NCC(=O)[C@H](C)NCCC(=O)[C@H](C)NCC(=O)[C@]1(C)CCCC=CCCCCCC[C@@](C)(NC(=O)[C@H](Cc2ccccc2)NN[C@H](C(=O)C(=O)[C@H](CC(C)C)NC(C)=O)[C@@H](C)O)C(=O)N[C@@H](CCC(=O)O)C(=O)N[C@@H](Cc2ccc(C(=O)O)cc2)C(=O)N[C@@H](Cc2c[nH]c3ccccc23)C(=O)CC(=O)[C@H](C)NCN[C@@H](CCC(N)=O)C(=O)N[C@@H](CC2CCC2)C(=O)N1)C(=O)N[C@H](C)C(N)=O. The molecule has 1 aliphatic heterocycles. The molecule has 1 aliphatic carbocycles. The first-order valence-electron chi connectivity index (χ1n) is 48.6. The van der Waals surface area contributed by atoms with E-state index >= 15 is 28.8 Å². The second kappa shape index (κ2) is 58.2. The number of para-hydroxylation sites is 1. The first-order chi connectivity index (χ1) is 66.2. The van der Waals surface area contributed by atoms with Crippen LogP contribution in [-0.2, 0) is 106 Å². The Morgan fingerprint density at radius 1 is 0.564 bits per heavy atom. The van der Waals surface area contributed by atoms with Crippen LogP contribution in [0, 0.1) is 17.8 Å². The predicted octanol–water partition coefficient (Wildman–Crippen LogP) is 2.36. The van der Waals surface area contributed by atoms with Crippen molar-refractivity contribution >= 4 is 122 Å². The molecule has 1 saturated carbocycles. The fourth-order valence-electron chi connectivity index (χ4n) is 16.3. The Labute approximate surface area is 817 Å². The van der Waals surface area contributed by atoms with Gasteiger partial charge >= 0.3 is 11.9 Å². The molecule has 0 spiro atoms. The van der Waals surface area contributed by atoms with Gasteiger partial charge in [0.05, 0.1) is 79.0 Å². The number of rotatable bonds is 45. The molecular formula is C100H148N18O22. The van der Waals surface area contributed by atoms with Crippen LogP contribution in [-0.4, -0.2) is 254 Å². The predicted molar refractivity (Wildman–Crippen MR) is 522 cm³/mol. The van der Waals surface area contributed by atoms with E-state index in [-0.39, 0.29) is 124 Å². The molecule has 6 rings (SSSR count). The van der Waals surface area contributed by atoms with Crippen molar-refractivity contribution in [2.45, 2.75) is 333 Å². The molecule has 0 saturated heterocycles. The number of carboxylic acids is 2. The number of fused-ring (bicyclic) bond motifs is 1. The number of aromatic nitrogens is 1. The second-order valence-corrected chi connectivity index (χ2v) is 38.0. The molecule has 0 radical (unpaired) electrons. The number of allylic oxidation sites excluding steroid dienone is 2. The summed E-state index contributed by atoms with van der Waals surface area (Å²) in [6.45, 7) is 17.7. The molecule has 0 bridgehead atoms. The summed E-state index contributed by atoms with van der Waals surface area (Å²) in [5, 5.41) is 68.8. The van der Waals surface area contributed by atoms with Crippen LogP contribution in [0.15, 0.2) is 97.2 Å². The average Bonchev–Trinajstić information content (AvgIpc) is 1.59. The number of carboxylic acid groups (broad SMARTS) is 2. The van der Waals surface area contributed by atoms with Gasteiger partial charge in [0.15, 0.2) is 28.9 Å². The number of ketones is 7. The van der Waals surface area contributed by atoms with Crippen LogP contribution in [0.1, 0.15) is 245 Å². The molecule has 23 N–H and O–H groups in total. The molecule has 1 unspecified atom stereocenters. The summed E-state index contributed by atoms with van der Waals surface area (Å²) >= 11 is 0. The van der Waals surface area contributed by atoms with Gasteiger partial charge in [0.1, 0.15) is 41.8 Å². The van der Waals surface area contributed by atoms with Crippen LogP contribution in [0.3, 0.4) is 0 Å². The Kier molecular flexibility index (Phi) is 48.5. The molecule has 17 atom stereocenters. The maximum atomic E-state index is 15.6. The number of hydrazine groups is 1. The summed E-state index contributed by atoms with van der Waals surface area (Å²) in [6, 6.07) is 4.00. The molecule has 2 aliphatic rings. The van der Waals surface area contributed by atoms with Gasteiger partial charge in [-0.05, 0) is 172 Å². The Hall–Kier alpha value is -12.1. The Morgan fingerprint density at radius 3 is 1.82 bits per heavy atom. The lowest BCUT2D eigenvalue weighted by molar-refractivity contribution is -0.142. The molecule has 40 heteroatoms. The third kappa shape index (κ3) is 38.9. The van der Waals surface area contributed by atoms with Gasteiger partial charge < -0.3 is 84.9 Å². The number of aliphatic carboxylic acids is 1. The second-order valence-electron chi connectivity index (χ2n) is 38.0. The topological polar surface area (TPSA) is 633 Å². The van der Waals surface area contributed by atoms with Gasteiger partial charge in [-0.1, -0.05) is 145 Å². The fourth-order valence-corrected chi connectivity index (χ4v) is 16.3. The number of primary amides is 2. The lowest BCUT2D eigenvalue weighted by Gasteiger charge is -2.35. The molecule has 1 fully saturated rings. The number of hydrogen-bond acceptors (Lipinski definition) is 27. The van der Waals surface area contributed by atoms with Crippen molar-refractivity contribution in [2.75, 3.05) is 26.3 Å². The Balaban J connectivity index is 1.37. The van der Waals surface area contributed by atoms with E-state index in [2.05, 4.69) is 85.0 Å². The number of H-pyrrole nitrogens is 1. The number of Topliss-reactive ketones (excluding diaryl/α,β-unsaturated/α-hetero) is 7. The van der Waals surface area contributed by atoms with Gasteiger partial charge in [0.2, 0.25) is 70.6 Å². The van der Waals surface area contributed by atoms with Crippen molar-refractivity contribution in [1.82, 2.24) is 85.0 Å². The van der Waals surface area contributed by atoms with Gasteiger partial charge in [0.25, 0.3) is 0 Å². The van der Waals surface area contributed by atoms with Gasteiger partial charge in [-0.25, -0.2) is 15.6 Å². The van der Waals surface area contributed by atoms with Crippen molar-refractivity contribution < 1.29 is 106 Å². The van der Waals surface area contributed by atoms with Crippen molar-refractivity contribution in [1.29, 1.82) is 0 Å². The van der Waals surface area contributed by atoms with E-state index in [1.54, 1.807) is 95.4 Å². The first kappa shape index (κ1) is 117. The van der Waals surface area contributed by atoms with E-state index in [9.17, 15) is 77.6 Å². The quantitative estimate of drug-likeness (QED) is 0.0131. The van der Waals surface area contributed by atoms with Crippen LogP contribution in [0.2, 0.25) is 0 Å². The number of nitrogens with two attached hydrogens (primary N) is 2. The number of hydrogen-bond donors (Lipinski definition) is 21. The molecule has 40 nitrogen and oxygen atoms in total. The van der Waals surface area contributed by atoms with E-state index in [0.717, 1.165) is 19.3 Å². The minimum absolute atomic E-state index is 0.0220. The standard InChI is InChI=1S/C100H148N18O22/c1-13-58(4)86(96(137)109-62(8)90(102)131)106-54-82(124)61(7)103-46-43-79(121)59(5)104-55-83(125)99(11)44-26-19-17-15-14-16-18-20-27-45-100(12,116-95(136)78(50-65-29-22-21-23-30-65)117-118-87(63(9)119)89(130)88(129)75(47-57(2)3)110-64(10)120)98(140)114-73(40-42-85(127)128)92(133)112-76(49-67-35-37-68(38-36-67)97(138)139)93(134)111-74(51-69-53-105-71-34-25-24-33-70(69)71)81(123)52-80(122)60(6)107-56-108-72(39-41-84(101)126)91(132)113-77(94(135)115-99)48-66-31-28-32-66/h15,17,21-25,29-30,33-38,53,57-63,66,72-78,86-87,103-108,117-119H,13-14,16,18-20,26-28,31-32,39-52,54-56H2,1-12H3,(H2,101,126)(H2,102,131)(H,109,137)(H,110,120)(H,111,134)(H,112,133)(H,113,132)(H,114,140)(H,115,135)(H,116,136)(H,127,128)(H,138,139)/t58?,59-,60-,61-,62+,63+,72-,73-,74-,75-,76-,77-,78-,86-,87-,99-,100+/m0/s1. The minimum Gasteiger partial charge on any atom is -0.481 e. The number of aliphatic hydroxyl groups excluding tert-OH is 1. The van der Waals surface area contributed by atoms with Gasteiger partial charge in [-0.3, -0.25) is 102 Å². The minimum atomic E-state index is -2.04. The van der Waals surface area contributed by atoms with E-state index in [0.29, 0.717) is 67.0 Å². The van der Waals surface area contributed by atoms with E-state index in [1.165, 1.54) is 58.9 Å². The largest absolute Gasteiger partial charge is 0.481 e. The van der Waals surface area contributed by atoms with Gasteiger partial charge in [-0.15, -0.1) is 0 Å². The Bertz CT molecular complexity index is 4950. The first-order valence-corrected chi connectivity index (χ1v) is 48.6. The lowest BCUT2D eigenvalue weighted by Crippen LogP contribution is -2.65. The number of benzene rings is 3. The van der Waals surface area contributed by atoms with Crippen LogP contribution < -0.4 is 91.4 Å². The highest BCUT2D eigenvalue weighted by atomic mass is 16.4. The molecule has 10 amide bonds. The zero-order valence-corrected chi connectivity index (χ0v) is 82.6. The van der Waals surface area contributed by atoms with Crippen molar-refractivity contribution in [3.8, 4) is 0 Å². The number of carbonyl (C=O) groups excluding carboxylic acids is 17. The maximum absolute atomic E-state index is 15.6. The van der Waals surface area contributed by atoms with Crippen molar-refractivity contribution in [3.05, 3.63) is 119 Å². The molecule has 140 heavy (non-hydrogen) atoms.